The first-order valence-corrected chi connectivity index (χ1v) is 25.2. The van der Waals surface area contributed by atoms with Gasteiger partial charge in [-0.05, 0) is 94.9 Å². The number of hydrogen-bond acceptors (Lipinski definition) is 10. The Kier molecular flexibility index (Phi) is 13.7. The number of phenolic OH excluding ortho intramolecular Hbond substituents is 2. The highest BCUT2D eigenvalue weighted by atomic mass is 28.4. The van der Waals surface area contributed by atoms with E-state index >= 15 is 0 Å². The van der Waals surface area contributed by atoms with Crippen LogP contribution in [0.3, 0.4) is 0 Å². The number of phenols is 2. The van der Waals surface area contributed by atoms with E-state index in [-0.39, 0.29) is 21.6 Å². The standard InChI is InChI=1S/C29H42N2O3Si2.C17H14N2O3/c1-28(2,3)35(7,8)33-24-18-16-23(20-25(24)34-36(9,10)29(4,5)6)17-19-27-30-26(31-32-27)21-22-14-12-11-13-15-22;20-14-8-6-13(10-15(14)21)7-9-17-18-16(19-22-17)11-12-4-2-1-3-5-12/h11-20H,21H2,1-10H3;1-10,20-21H,11H2. The van der Waals surface area contributed by atoms with Crippen molar-refractivity contribution in [3.63, 3.8) is 0 Å². The topological polar surface area (TPSA) is 137 Å². The maximum absolute atomic E-state index is 9.43. The zero-order chi connectivity index (χ0) is 42.1. The molecule has 0 spiro atoms. The van der Waals surface area contributed by atoms with E-state index in [9.17, 15) is 10.2 Å². The number of aromatic hydroxyl groups is 2. The third-order valence-electron chi connectivity index (χ3n) is 10.5. The SMILES string of the molecule is CC(C)(C)[Si](C)(C)Oc1ccc(C=Cc2nc(Cc3ccccc3)no2)cc1O[Si](C)(C)C(C)(C)C.Oc1ccc(C=Cc2nc(Cc3ccccc3)no2)cc1O. The van der Waals surface area contributed by atoms with Crippen LogP contribution in [0.1, 0.15) is 87.2 Å². The highest BCUT2D eigenvalue weighted by molar-refractivity contribution is 6.75. The predicted octanol–water partition coefficient (Wildman–Crippen LogP) is 11.8. The molecule has 4 aromatic carbocycles. The average molecular weight is 817 g/mol. The molecule has 0 amide bonds. The minimum Gasteiger partial charge on any atom is -0.541 e. The third kappa shape index (κ3) is 12.1. The Balaban J connectivity index is 0.000000247. The Morgan fingerprint density at radius 1 is 0.534 bits per heavy atom. The molecule has 2 heterocycles. The lowest BCUT2D eigenvalue weighted by Crippen LogP contribution is -2.45. The van der Waals surface area contributed by atoms with Crippen LogP contribution >= 0.6 is 0 Å². The van der Waals surface area contributed by atoms with E-state index in [0.29, 0.717) is 36.3 Å². The van der Waals surface area contributed by atoms with Crippen LogP contribution in [0.25, 0.3) is 24.3 Å². The quantitative estimate of drug-likeness (QED) is 0.0907. The van der Waals surface area contributed by atoms with Crippen molar-refractivity contribution in [2.45, 2.75) is 90.6 Å². The summed E-state index contributed by atoms with van der Waals surface area (Å²) >= 11 is 0. The first-order chi connectivity index (χ1) is 27.3. The lowest BCUT2D eigenvalue weighted by molar-refractivity contribution is 0.403. The second kappa shape index (κ2) is 18.2. The van der Waals surface area contributed by atoms with Crippen LogP contribution in [0.15, 0.2) is 106 Å². The van der Waals surface area contributed by atoms with Gasteiger partial charge >= 0.3 is 0 Å². The zero-order valence-corrected chi connectivity index (χ0v) is 37.3. The van der Waals surface area contributed by atoms with Crippen LogP contribution in [-0.2, 0) is 12.8 Å². The fourth-order valence-electron chi connectivity index (χ4n) is 5.00. The van der Waals surface area contributed by atoms with Crippen molar-refractivity contribution in [2.24, 2.45) is 0 Å². The largest absolute Gasteiger partial charge is 0.541 e. The Morgan fingerprint density at radius 2 is 0.966 bits per heavy atom. The normalized spacial score (nSPS) is 12.4. The second-order valence-electron chi connectivity index (χ2n) is 17.3. The Morgan fingerprint density at radius 3 is 1.41 bits per heavy atom. The van der Waals surface area contributed by atoms with Gasteiger partial charge in [-0.15, -0.1) is 0 Å². The molecule has 0 bridgehead atoms. The molecular weight excluding hydrogens is 761 g/mol. The van der Waals surface area contributed by atoms with Gasteiger partial charge in [0.1, 0.15) is 11.5 Å². The van der Waals surface area contributed by atoms with Crippen molar-refractivity contribution in [1.29, 1.82) is 0 Å². The van der Waals surface area contributed by atoms with Gasteiger partial charge in [0.2, 0.25) is 0 Å². The van der Waals surface area contributed by atoms with Gasteiger partial charge in [-0.3, -0.25) is 0 Å². The summed E-state index contributed by atoms with van der Waals surface area (Å²) < 4.78 is 24.1. The first-order valence-electron chi connectivity index (χ1n) is 19.4. The lowest BCUT2D eigenvalue weighted by Gasteiger charge is -2.39. The van der Waals surface area contributed by atoms with Crippen molar-refractivity contribution in [3.8, 4) is 23.0 Å². The van der Waals surface area contributed by atoms with Crippen LogP contribution in [0.4, 0.5) is 0 Å². The van der Waals surface area contributed by atoms with Gasteiger partial charge in [0, 0.05) is 25.0 Å². The summed E-state index contributed by atoms with van der Waals surface area (Å²) in [7, 11) is -4.10. The molecule has 2 N–H and O–H groups in total. The van der Waals surface area contributed by atoms with Gasteiger partial charge < -0.3 is 28.1 Å². The number of nitrogens with zero attached hydrogens (tertiary/aromatic N) is 4. The average Bonchev–Trinajstić information content (AvgIpc) is 3.81. The Hall–Kier alpha value is -5.73. The van der Waals surface area contributed by atoms with E-state index in [2.05, 4.69) is 112 Å². The molecule has 0 atom stereocenters. The van der Waals surface area contributed by atoms with Gasteiger partial charge in [0.25, 0.3) is 28.4 Å². The Bertz CT molecular complexity index is 2300. The van der Waals surface area contributed by atoms with E-state index in [1.165, 1.54) is 12.1 Å². The fourth-order valence-corrected chi connectivity index (χ4v) is 7.04. The van der Waals surface area contributed by atoms with Gasteiger partial charge in [-0.2, -0.15) is 9.97 Å². The number of benzene rings is 4. The van der Waals surface area contributed by atoms with Crippen molar-refractivity contribution in [2.75, 3.05) is 0 Å². The molecule has 0 radical (unpaired) electrons. The third-order valence-corrected chi connectivity index (χ3v) is 19.2. The van der Waals surface area contributed by atoms with E-state index in [4.69, 9.17) is 17.9 Å². The molecule has 0 saturated carbocycles. The van der Waals surface area contributed by atoms with Crippen molar-refractivity contribution >= 4 is 40.9 Å². The molecule has 58 heavy (non-hydrogen) atoms. The summed E-state index contributed by atoms with van der Waals surface area (Å²) in [5.41, 5.74) is 3.98. The van der Waals surface area contributed by atoms with Crippen molar-refractivity contribution in [3.05, 3.63) is 143 Å². The highest BCUT2D eigenvalue weighted by Gasteiger charge is 2.42. The van der Waals surface area contributed by atoms with E-state index in [0.717, 1.165) is 33.8 Å². The number of rotatable bonds is 12. The molecule has 0 saturated heterocycles. The minimum atomic E-state index is -2.07. The highest BCUT2D eigenvalue weighted by Crippen LogP contribution is 2.44. The van der Waals surface area contributed by atoms with Gasteiger partial charge in [-0.1, -0.05) is 125 Å². The van der Waals surface area contributed by atoms with Gasteiger partial charge in [-0.25, -0.2) is 0 Å². The number of aromatic nitrogens is 4. The molecule has 0 aliphatic heterocycles. The zero-order valence-electron chi connectivity index (χ0n) is 35.3. The lowest BCUT2D eigenvalue weighted by atomic mass is 10.1. The molecule has 0 aliphatic carbocycles. The molecule has 12 heteroatoms. The first kappa shape index (κ1) is 43.4. The van der Waals surface area contributed by atoms with Gasteiger partial charge in [0.05, 0.1) is 0 Å². The van der Waals surface area contributed by atoms with E-state index in [1.54, 1.807) is 18.2 Å². The minimum absolute atomic E-state index is 0.0754. The molecule has 10 nitrogen and oxygen atoms in total. The maximum atomic E-state index is 9.43. The van der Waals surface area contributed by atoms with Crippen molar-refractivity contribution in [1.82, 2.24) is 20.3 Å². The molecule has 0 aliphatic rings. The molecule has 0 fully saturated rings. The summed E-state index contributed by atoms with van der Waals surface area (Å²) in [4.78, 5) is 8.80. The summed E-state index contributed by atoms with van der Waals surface area (Å²) in [6.45, 7) is 22.6. The maximum Gasteiger partial charge on any atom is 0.250 e. The predicted molar refractivity (Wildman–Crippen MR) is 237 cm³/mol. The molecule has 0 unspecified atom stereocenters. The van der Waals surface area contributed by atoms with Crippen LogP contribution in [-0.4, -0.2) is 47.1 Å². The number of hydrogen-bond donors (Lipinski definition) is 2. The van der Waals surface area contributed by atoms with Crippen LogP contribution in [0.2, 0.25) is 36.3 Å². The van der Waals surface area contributed by atoms with Gasteiger partial charge in [0.15, 0.2) is 23.1 Å². The summed E-state index contributed by atoms with van der Waals surface area (Å²) in [5.74, 6) is 3.46. The van der Waals surface area contributed by atoms with Crippen LogP contribution in [0, 0.1) is 0 Å². The Labute approximate surface area is 344 Å². The summed E-state index contributed by atoms with van der Waals surface area (Å²) in [6, 6.07) is 30.8. The molecule has 6 aromatic rings. The second-order valence-corrected chi connectivity index (χ2v) is 26.7. The van der Waals surface area contributed by atoms with Crippen LogP contribution in [0.5, 0.6) is 23.0 Å². The van der Waals surface area contributed by atoms with E-state index in [1.807, 2.05) is 66.7 Å². The molecule has 304 valence electrons. The summed E-state index contributed by atoms with van der Waals surface area (Å²) in [6.07, 6.45) is 8.46. The fraction of sp³-hybridized carbons (Fsp3) is 0.304. The van der Waals surface area contributed by atoms with E-state index < -0.39 is 16.6 Å². The molecular formula is C46H56N4O6Si2. The van der Waals surface area contributed by atoms with Crippen molar-refractivity contribution < 1.29 is 28.1 Å². The molecule has 2 aromatic heterocycles. The monoisotopic (exact) mass is 816 g/mol. The smallest absolute Gasteiger partial charge is 0.250 e. The van der Waals surface area contributed by atoms with Crippen LogP contribution < -0.4 is 8.85 Å². The summed E-state index contributed by atoms with van der Waals surface area (Å²) in [5, 5.41) is 26.9. The molecule has 6 rings (SSSR count).